The van der Waals surface area contributed by atoms with Gasteiger partial charge >= 0.3 is 0 Å². The number of nitrogens with one attached hydrogen (secondary N) is 1. The molecule has 0 aromatic heterocycles. The molecule has 1 heterocycles. The van der Waals surface area contributed by atoms with Gasteiger partial charge in [-0.05, 0) is 44.5 Å². The smallest absolute Gasteiger partial charge is 0.128 e. The second-order valence-electron chi connectivity index (χ2n) is 4.86. The quantitative estimate of drug-likeness (QED) is 0.890. The second-order valence-corrected chi connectivity index (χ2v) is 4.86. The van der Waals surface area contributed by atoms with Crippen molar-refractivity contribution >= 4 is 5.69 Å². The molecule has 1 aromatic carbocycles. The predicted octanol–water partition coefficient (Wildman–Crippen LogP) is 3.25. The number of benzene rings is 1. The minimum absolute atomic E-state index is 0.308. The van der Waals surface area contributed by atoms with Gasteiger partial charge < -0.3 is 10.2 Å². The van der Waals surface area contributed by atoms with Gasteiger partial charge in [0.25, 0.3) is 0 Å². The normalized spacial score (nSPS) is 21.6. The molecule has 1 N–H and O–H groups in total. The molecule has 1 atom stereocenters. The molecule has 1 aliphatic rings. The fraction of sp³-hybridized carbons (Fsp3) is 0.571. The van der Waals surface area contributed by atoms with Gasteiger partial charge in [0.15, 0.2) is 0 Å². The molecule has 0 aliphatic carbocycles. The number of hydrogen-bond acceptors (Lipinski definition) is 2. The lowest BCUT2D eigenvalue weighted by Crippen LogP contribution is -2.26. The van der Waals surface area contributed by atoms with Crippen LogP contribution >= 0.6 is 0 Å². The number of nitrogens with zero attached hydrogens (tertiary/aromatic N) is 1. The summed E-state index contributed by atoms with van der Waals surface area (Å²) in [6.07, 6.45) is 3.20. The first-order chi connectivity index (χ1) is 8.67. The Labute approximate surface area is 107 Å². The minimum atomic E-state index is -0.527. The van der Waals surface area contributed by atoms with E-state index in [4.69, 9.17) is 0 Å². The van der Waals surface area contributed by atoms with Gasteiger partial charge in [0, 0.05) is 24.3 Å². The van der Waals surface area contributed by atoms with Crippen LogP contribution in [0.25, 0.3) is 0 Å². The fourth-order valence-electron chi connectivity index (χ4n) is 2.49. The molecule has 1 fully saturated rings. The number of halogens is 2. The van der Waals surface area contributed by atoms with Crippen molar-refractivity contribution in [2.24, 2.45) is 0 Å². The van der Waals surface area contributed by atoms with Crippen LogP contribution in [-0.4, -0.2) is 30.6 Å². The van der Waals surface area contributed by atoms with Gasteiger partial charge in [-0.1, -0.05) is 6.92 Å². The zero-order valence-electron chi connectivity index (χ0n) is 10.8. The van der Waals surface area contributed by atoms with E-state index < -0.39 is 11.6 Å². The third kappa shape index (κ3) is 3.67. The summed E-state index contributed by atoms with van der Waals surface area (Å²) in [6.45, 7) is 5.40. The van der Waals surface area contributed by atoms with Gasteiger partial charge in [-0.2, -0.15) is 0 Å². The molecule has 0 bridgehead atoms. The average molecular weight is 254 g/mol. The number of hydrogen-bond donors (Lipinski definition) is 1. The number of likely N-dealkylation sites (tertiary alicyclic amines) is 1. The van der Waals surface area contributed by atoms with Crippen molar-refractivity contribution in [2.75, 3.05) is 25.0 Å². The van der Waals surface area contributed by atoms with E-state index in [2.05, 4.69) is 17.1 Å². The Kier molecular flexibility index (Phi) is 4.53. The molecule has 18 heavy (non-hydrogen) atoms. The van der Waals surface area contributed by atoms with Crippen molar-refractivity contribution in [3.63, 3.8) is 0 Å². The van der Waals surface area contributed by atoms with Crippen molar-refractivity contribution in [3.8, 4) is 0 Å². The van der Waals surface area contributed by atoms with Crippen molar-refractivity contribution in [2.45, 2.75) is 32.2 Å². The molecule has 1 aliphatic heterocycles. The van der Waals surface area contributed by atoms with Gasteiger partial charge in [0.2, 0.25) is 0 Å². The van der Waals surface area contributed by atoms with Crippen LogP contribution in [-0.2, 0) is 0 Å². The number of rotatable bonds is 3. The van der Waals surface area contributed by atoms with Crippen LogP contribution in [0.4, 0.5) is 14.5 Å². The molecular formula is C14H20F2N2. The van der Waals surface area contributed by atoms with Gasteiger partial charge in [-0.15, -0.1) is 0 Å². The molecular weight excluding hydrogens is 234 g/mol. The van der Waals surface area contributed by atoms with E-state index in [-0.39, 0.29) is 0 Å². The van der Waals surface area contributed by atoms with Crippen LogP contribution in [0.15, 0.2) is 18.2 Å². The van der Waals surface area contributed by atoms with Gasteiger partial charge in [0.05, 0.1) is 0 Å². The Morgan fingerprint density at radius 2 is 1.89 bits per heavy atom. The second kappa shape index (κ2) is 6.14. The van der Waals surface area contributed by atoms with Gasteiger partial charge in [0.1, 0.15) is 11.6 Å². The highest BCUT2D eigenvalue weighted by atomic mass is 19.1. The van der Waals surface area contributed by atoms with E-state index in [1.807, 2.05) is 0 Å². The van der Waals surface area contributed by atoms with Crippen molar-refractivity contribution in [3.05, 3.63) is 29.8 Å². The van der Waals surface area contributed by atoms with E-state index in [9.17, 15) is 8.78 Å². The summed E-state index contributed by atoms with van der Waals surface area (Å²) in [5.74, 6) is -1.05. The maximum absolute atomic E-state index is 13.1. The van der Waals surface area contributed by atoms with E-state index in [1.165, 1.54) is 12.1 Å². The lowest BCUT2D eigenvalue weighted by molar-refractivity contribution is 0.300. The summed E-state index contributed by atoms with van der Waals surface area (Å²) >= 11 is 0. The topological polar surface area (TPSA) is 15.3 Å². The standard InChI is InChI=1S/C14H20F2N2/c1-2-18-6-3-4-13(5-7-18)17-14-9-11(15)8-12(16)10-14/h8-10,13,17H,2-7H2,1H3. The molecule has 1 unspecified atom stereocenters. The molecule has 0 radical (unpaired) electrons. The van der Waals surface area contributed by atoms with Crippen LogP contribution < -0.4 is 5.32 Å². The highest BCUT2D eigenvalue weighted by Gasteiger charge is 2.16. The van der Waals surface area contributed by atoms with E-state index >= 15 is 0 Å². The van der Waals surface area contributed by atoms with E-state index in [0.29, 0.717) is 11.7 Å². The summed E-state index contributed by atoms with van der Waals surface area (Å²) in [5, 5.41) is 3.24. The molecule has 1 aromatic rings. The maximum atomic E-state index is 13.1. The lowest BCUT2D eigenvalue weighted by Gasteiger charge is -2.19. The van der Waals surface area contributed by atoms with Crippen LogP contribution in [0.3, 0.4) is 0 Å². The van der Waals surface area contributed by atoms with Crippen molar-refractivity contribution < 1.29 is 8.78 Å². The Morgan fingerprint density at radius 3 is 2.56 bits per heavy atom. The third-order valence-electron chi connectivity index (χ3n) is 3.50. The molecule has 0 amide bonds. The first-order valence-electron chi connectivity index (χ1n) is 6.62. The summed E-state index contributed by atoms with van der Waals surface area (Å²) in [6, 6.07) is 3.91. The molecule has 2 rings (SSSR count). The average Bonchev–Trinajstić information content (AvgIpc) is 2.53. The first kappa shape index (κ1) is 13.3. The monoisotopic (exact) mass is 254 g/mol. The SMILES string of the molecule is CCN1CCCC(Nc2cc(F)cc(F)c2)CC1. The van der Waals surface area contributed by atoms with Crippen LogP contribution in [0, 0.1) is 11.6 Å². The summed E-state index contributed by atoms with van der Waals surface area (Å²) in [5.41, 5.74) is 0.544. The fourth-order valence-corrected chi connectivity index (χ4v) is 2.49. The summed E-state index contributed by atoms with van der Waals surface area (Å²) in [4.78, 5) is 2.41. The van der Waals surface area contributed by atoms with E-state index in [0.717, 1.165) is 45.0 Å². The Morgan fingerprint density at radius 1 is 1.17 bits per heavy atom. The maximum Gasteiger partial charge on any atom is 0.128 e. The number of anilines is 1. The van der Waals surface area contributed by atoms with Crippen LogP contribution in [0.1, 0.15) is 26.2 Å². The zero-order chi connectivity index (χ0) is 13.0. The lowest BCUT2D eigenvalue weighted by atomic mass is 10.1. The van der Waals surface area contributed by atoms with Crippen molar-refractivity contribution in [1.82, 2.24) is 4.90 Å². The van der Waals surface area contributed by atoms with Crippen LogP contribution in [0.2, 0.25) is 0 Å². The Bertz CT molecular complexity index is 375. The molecule has 100 valence electrons. The van der Waals surface area contributed by atoms with E-state index in [1.54, 1.807) is 0 Å². The first-order valence-corrected chi connectivity index (χ1v) is 6.62. The van der Waals surface area contributed by atoms with Gasteiger partial charge in [-0.3, -0.25) is 0 Å². The molecule has 1 saturated heterocycles. The van der Waals surface area contributed by atoms with Crippen molar-refractivity contribution in [1.29, 1.82) is 0 Å². The zero-order valence-corrected chi connectivity index (χ0v) is 10.8. The highest BCUT2D eigenvalue weighted by Crippen LogP contribution is 2.18. The Hall–Kier alpha value is -1.16. The van der Waals surface area contributed by atoms with Gasteiger partial charge in [-0.25, -0.2) is 8.78 Å². The summed E-state index contributed by atoms with van der Waals surface area (Å²) < 4.78 is 26.2. The largest absolute Gasteiger partial charge is 0.382 e. The highest BCUT2D eigenvalue weighted by molar-refractivity contribution is 5.44. The molecule has 0 saturated carbocycles. The Balaban J connectivity index is 1.96. The summed E-state index contributed by atoms with van der Waals surface area (Å²) in [7, 11) is 0. The molecule has 0 spiro atoms. The predicted molar refractivity (Wildman–Crippen MR) is 69.7 cm³/mol. The molecule has 2 nitrogen and oxygen atoms in total. The minimum Gasteiger partial charge on any atom is -0.382 e. The molecule has 4 heteroatoms. The third-order valence-corrected chi connectivity index (χ3v) is 3.50. The van der Waals surface area contributed by atoms with Crippen LogP contribution in [0.5, 0.6) is 0 Å².